The highest BCUT2D eigenvalue weighted by molar-refractivity contribution is 6.05. The molecule has 4 atom stereocenters. The molecule has 0 amide bonds. The van der Waals surface area contributed by atoms with Crippen molar-refractivity contribution in [1.82, 2.24) is 0 Å². The third-order valence-electron chi connectivity index (χ3n) is 4.14. The highest BCUT2D eigenvalue weighted by Gasteiger charge is 2.60. The maximum Gasteiger partial charge on any atom is 0.316 e. The first-order valence-corrected chi connectivity index (χ1v) is 7.08. The van der Waals surface area contributed by atoms with Gasteiger partial charge >= 0.3 is 11.9 Å². The molecule has 2 aliphatic rings. The molecule has 0 radical (unpaired) electrons. The molecule has 0 aromatic heterocycles. The Morgan fingerprint density at radius 2 is 2.00 bits per heavy atom. The summed E-state index contributed by atoms with van der Waals surface area (Å²) in [5.41, 5.74) is -1.34. The van der Waals surface area contributed by atoms with E-state index in [4.69, 9.17) is 18.9 Å². The van der Waals surface area contributed by atoms with Gasteiger partial charge in [0.25, 0.3) is 0 Å². The molecule has 7 heteroatoms. The maximum atomic E-state index is 12.6. The van der Waals surface area contributed by atoms with Gasteiger partial charge in [0, 0.05) is 7.11 Å². The van der Waals surface area contributed by atoms with Crippen molar-refractivity contribution in [3.8, 4) is 0 Å². The van der Waals surface area contributed by atoms with Gasteiger partial charge in [-0.3, -0.25) is 14.4 Å². The van der Waals surface area contributed by atoms with Crippen LogP contribution in [-0.4, -0.2) is 49.9 Å². The number of esters is 2. The first-order valence-electron chi connectivity index (χ1n) is 7.08. The molecule has 7 nitrogen and oxygen atoms in total. The number of carbonyl (C=O) groups is 3. The van der Waals surface area contributed by atoms with E-state index in [1.54, 1.807) is 13.0 Å². The van der Waals surface area contributed by atoms with Crippen molar-refractivity contribution in [2.45, 2.75) is 31.7 Å². The molecule has 2 aliphatic heterocycles. The molecule has 22 heavy (non-hydrogen) atoms. The second kappa shape index (κ2) is 5.81. The summed E-state index contributed by atoms with van der Waals surface area (Å²) in [5.74, 6) is -5.20. The molecule has 0 aromatic carbocycles. The Hall–Kier alpha value is -1.73. The molecule has 2 rings (SSSR count). The average molecular weight is 312 g/mol. The lowest BCUT2D eigenvalue weighted by Crippen LogP contribution is -2.46. The largest absolute Gasteiger partial charge is 0.468 e. The molecule has 1 fully saturated rings. The van der Waals surface area contributed by atoms with Crippen molar-refractivity contribution >= 4 is 17.7 Å². The number of carbonyl (C=O) groups excluding carboxylic acids is 3. The van der Waals surface area contributed by atoms with E-state index in [9.17, 15) is 14.4 Å². The summed E-state index contributed by atoms with van der Waals surface area (Å²) >= 11 is 0. The summed E-state index contributed by atoms with van der Waals surface area (Å²) in [5, 5.41) is 0. The Bertz CT molecular complexity index is 526. The second-order valence-electron chi connectivity index (χ2n) is 5.45. The van der Waals surface area contributed by atoms with Crippen LogP contribution in [0.4, 0.5) is 0 Å². The molecular weight excluding hydrogens is 292 g/mol. The lowest BCUT2D eigenvalue weighted by atomic mass is 9.81. The molecule has 1 saturated heterocycles. The second-order valence-corrected chi connectivity index (χ2v) is 5.45. The molecule has 2 heterocycles. The number of fused-ring (bicyclic) bond motifs is 2. The quantitative estimate of drug-likeness (QED) is 0.427. The van der Waals surface area contributed by atoms with Crippen LogP contribution in [0.5, 0.6) is 0 Å². The van der Waals surface area contributed by atoms with Crippen LogP contribution in [0.3, 0.4) is 0 Å². The van der Waals surface area contributed by atoms with Crippen LogP contribution in [0.25, 0.3) is 0 Å². The Labute approximate surface area is 128 Å². The molecule has 0 saturated carbocycles. The van der Waals surface area contributed by atoms with Crippen LogP contribution in [-0.2, 0) is 33.3 Å². The number of methoxy groups -OCH3 is 2. The average Bonchev–Trinajstić information content (AvgIpc) is 2.82. The number of ketones is 1. The third kappa shape index (κ3) is 2.44. The van der Waals surface area contributed by atoms with E-state index in [0.29, 0.717) is 0 Å². The predicted octanol–water partition coefficient (Wildman–Crippen LogP) is 0.615. The number of hydrogen-bond acceptors (Lipinski definition) is 7. The lowest BCUT2D eigenvalue weighted by Gasteiger charge is -2.33. The minimum atomic E-state index is -1.42. The van der Waals surface area contributed by atoms with Crippen molar-refractivity contribution in [2.75, 3.05) is 20.8 Å². The van der Waals surface area contributed by atoms with Crippen molar-refractivity contribution in [3.63, 3.8) is 0 Å². The molecule has 0 aliphatic carbocycles. The van der Waals surface area contributed by atoms with Crippen LogP contribution in [0.1, 0.15) is 20.3 Å². The molecule has 122 valence electrons. The predicted molar refractivity (Wildman–Crippen MR) is 73.6 cm³/mol. The first kappa shape index (κ1) is 16.6. The monoisotopic (exact) mass is 312 g/mol. The van der Waals surface area contributed by atoms with E-state index < -0.39 is 40.9 Å². The number of Topliss-reactive ketones (excluding diaryl/α,β-unsaturated/α-hetero) is 1. The van der Waals surface area contributed by atoms with Gasteiger partial charge in [-0.25, -0.2) is 0 Å². The van der Waals surface area contributed by atoms with Gasteiger partial charge < -0.3 is 18.9 Å². The molecule has 0 spiro atoms. The minimum Gasteiger partial charge on any atom is -0.468 e. The summed E-state index contributed by atoms with van der Waals surface area (Å²) in [6.45, 7) is 3.38. The Balaban J connectivity index is 2.47. The standard InChI is InChI=1S/C15H20O7/c1-5-21-13(18)10-8-9(12(17)19-3)11(16)14(2)6-7-15(10,20-4)22-14/h6-7,9-10H,5,8H2,1-4H3/t9?,10-,14-,15+/m0/s1. The van der Waals surface area contributed by atoms with Gasteiger partial charge in [0.1, 0.15) is 17.4 Å². The highest BCUT2D eigenvalue weighted by atomic mass is 16.7. The molecule has 1 unspecified atom stereocenters. The summed E-state index contributed by atoms with van der Waals surface area (Å²) in [6, 6.07) is 0. The molecule has 0 N–H and O–H groups in total. The van der Waals surface area contributed by atoms with Crippen LogP contribution < -0.4 is 0 Å². The van der Waals surface area contributed by atoms with Crippen molar-refractivity contribution in [2.24, 2.45) is 11.8 Å². The fourth-order valence-corrected chi connectivity index (χ4v) is 2.95. The SMILES string of the molecule is CCOC(=O)[C@@H]1CC(C(=O)OC)C(=O)[C@]2(C)C=C[C@@]1(OC)O2. The first-order chi connectivity index (χ1) is 10.3. The topological polar surface area (TPSA) is 88.1 Å². The Morgan fingerprint density at radius 1 is 1.32 bits per heavy atom. The normalized spacial score (nSPS) is 36.8. The number of ether oxygens (including phenoxy) is 4. The maximum absolute atomic E-state index is 12.6. The summed E-state index contributed by atoms with van der Waals surface area (Å²) < 4.78 is 20.9. The smallest absolute Gasteiger partial charge is 0.316 e. The van der Waals surface area contributed by atoms with Gasteiger partial charge in [0.15, 0.2) is 5.78 Å². The fraction of sp³-hybridized carbons (Fsp3) is 0.667. The molecular formula is C15H20O7. The summed E-state index contributed by atoms with van der Waals surface area (Å²) in [7, 11) is 2.58. The minimum absolute atomic E-state index is 0.0852. The van der Waals surface area contributed by atoms with Crippen LogP contribution in [0.2, 0.25) is 0 Å². The van der Waals surface area contributed by atoms with Crippen LogP contribution >= 0.6 is 0 Å². The fourth-order valence-electron chi connectivity index (χ4n) is 2.95. The van der Waals surface area contributed by atoms with Gasteiger partial charge in [-0.05, 0) is 32.4 Å². The highest BCUT2D eigenvalue weighted by Crippen LogP contribution is 2.45. The van der Waals surface area contributed by atoms with Gasteiger partial charge in [-0.1, -0.05) is 0 Å². The summed E-state index contributed by atoms with van der Waals surface area (Å²) in [4.78, 5) is 36.9. The summed E-state index contributed by atoms with van der Waals surface area (Å²) in [6.07, 6.45) is 2.97. The van der Waals surface area contributed by atoms with E-state index in [1.165, 1.54) is 27.2 Å². The van der Waals surface area contributed by atoms with E-state index >= 15 is 0 Å². The zero-order valence-electron chi connectivity index (χ0n) is 13.1. The van der Waals surface area contributed by atoms with Gasteiger partial charge in [-0.15, -0.1) is 0 Å². The number of hydrogen-bond donors (Lipinski definition) is 0. The van der Waals surface area contributed by atoms with Crippen LogP contribution in [0, 0.1) is 11.8 Å². The van der Waals surface area contributed by atoms with E-state index in [2.05, 4.69) is 0 Å². The Morgan fingerprint density at radius 3 is 2.55 bits per heavy atom. The zero-order chi connectivity index (χ0) is 16.5. The Kier molecular flexibility index (Phi) is 4.39. The van der Waals surface area contributed by atoms with Gasteiger partial charge in [0.2, 0.25) is 5.79 Å². The van der Waals surface area contributed by atoms with E-state index in [0.717, 1.165) is 0 Å². The van der Waals surface area contributed by atoms with Crippen molar-refractivity contribution in [1.29, 1.82) is 0 Å². The van der Waals surface area contributed by atoms with E-state index in [-0.39, 0.29) is 13.0 Å². The van der Waals surface area contributed by atoms with Gasteiger partial charge in [-0.2, -0.15) is 0 Å². The number of rotatable bonds is 4. The zero-order valence-corrected chi connectivity index (χ0v) is 13.1. The van der Waals surface area contributed by atoms with Crippen molar-refractivity contribution in [3.05, 3.63) is 12.2 Å². The van der Waals surface area contributed by atoms with Crippen molar-refractivity contribution < 1.29 is 33.3 Å². The molecule has 2 bridgehead atoms. The van der Waals surface area contributed by atoms with Crippen LogP contribution in [0.15, 0.2) is 12.2 Å². The third-order valence-corrected chi connectivity index (χ3v) is 4.14. The lowest BCUT2D eigenvalue weighted by molar-refractivity contribution is -0.240. The van der Waals surface area contributed by atoms with Gasteiger partial charge in [0.05, 0.1) is 13.7 Å². The molecule has 0 aromatic rings. The van der Waals surface area contributed by atoms with E-state index in [1.807, 2.05) is 0 Å².